The summed E-state index contributed by atoms with van der Waals surface area (Å²) in [7, 11) is 1.45. The van der Waals surface area contributed by atoms with Crippen molar-refractivity contribution in [3.05, 3.63) is 119 Å². The smallest absolute Gasteiger partial charge is 0.305 e. The number of phenols is 1. The lowest BCUT2D eigenvalue weighted by Gasteiger charge is -2.54. The van der Waals surface area contributed by atoms with Crippen LogP contribution in [0.5, 0.6) is 11.5 Å². The third-order valence-electron chi connectivity index (χ3n) is 10.8. The first-order valence-corrected chi connectivity index (χ1v) is 16.4. The largest absolute Gasteiger partial charge is 0.504 e. The predicted molar refractivity (Wildman–Crippen MR) is 180 cm³/mol. The minimum absolute atomic E-state index is 0.0253. The fourth-order valence-electron chi connectivity index (χ4n) is 8.62. The number of Topliss-reactive ketones (excluding diaryl/α,β-unsaturated/α-hetero) is 1. The van der Waals surface area contributed by atoms with Crippen LogP contribution in [0, 0.1) is 29.6 Å². The lowest BCUT2D eigenvalue weighted by atomic mass is 9.45. The van der Waals surface area contributed by atoms with Crippen molar-refractivity contribution in [2.75, 3.05) is 13.7 Å². The second-order valence-electron chi connectivity index (χ2n) is 13.1. The molecule has 0 radical (unpaired) electrons. The van der Waals surface area contributed by atoms with Gasteiger partial charge >= 0.3 is 5.97 Å². The number of ketones is 2. The van der Waals surface area contributed by atoms with Gasteiger partial charge < -0.3 is 14.9 Å². The molecule has 6 unspecified atom stereocenters. The molecule has 9 nitrogen and oxygen atoms in total. The number of hydrogen-bond acceptors (Lipinski definition) is 7. The first-order valence-electron chi connectivity index (χ1n) is 16.4. The molecule has 3 aromatic carbocycles. The maximum absolute atomic E-state index is 14.9. The Labute approximate surface area is 283 Å². The van der Waals surface area contributed by atoms with Crippen molar-refractivity contribution in [3.63, 3.8) is 0 Å². The van der Waals surface area contributed by atoms with Gasteiger partial charge in [0.1, 0.15) is 0 Å². The second-order valence-corrected chi connectivity index (χ2v) is 13.1. The number of carbonyl (C=O) groups is 5. The molecule has 2 N–H and O–H groups in total. The number of benzene rings is 3. The molecular weight excluding hydrogens is 622 g/mol. The number of allylic oxidation sites excluding steroid dienone is 5. The van der Waals surface area contributed by atoms with E-state index in [1.165, 1.54) is 19.3 Å². The van der Waals surface area contributed by atoms with Gasteiger partial charge in [-0.25, -0.2) is 0 Å². The maximum atomic E-state index is 14.9. The highest BCUT2D eigenvalue weighted by atomic mass is 16.5. The Hall–Kier alpha value is -5.57. The quantitative estimate of drug-likeness (QED) is 0.248. The summed E-state index contributed by atoms with van der Waals surface area (Å²) in [6, 6.07) is 23.2. The average Bonchev–Trinajstić information content (AvgIpc) is 3.36. The summed E-state index contributed by atoms with van der Waals surface area (Å²) in [6.45, 7) is -0.218. The predicted octanol–water partition coefficient (Wildman–Crippen LogP) is 5.25. The van der Waals surface area contributed by atoms with Crippen molar-refractivity contribution in [2.24, 2.45) is 29.6 Å². The number of aliphatic carboxylic acids is 1. The molecule has 49 heavy (non-hydrogen) atoms. The molecule has 7 rings (SSSR count). The molecule has 3 aliphatic carbocycles. The number of aromatic hydroxyl groups is 1. The Morgan fingerprint density at radius 1 is 0.959 bits per heavy atom. The van der Waals surface area contributed by atoms with Gasteiger partial charge in [-0.3, -0.25) is 28.9 Å². The van der Waals surface area contributed by atoms with Crippen molar-refractivity contribution < 1.29 is 38.9 Å². The number of carboxylic acids is 1. The van der Waals surface area contributed by atoms with E-state index in [0.29, 0.717) is 22.3 Å². The molecule has 0 bridgehead atoms. The molecule has 0 aromatic heterocycles. The standard InChI is InChI=1S/C40H35NO8/c1-49-33-20-23(13-17-32(33)42)12-16-30-26-14-15-27-36(39(48)41(38(27)47)19-18-35(44)45)29(26)21-31-37(46)28(24-8-4-2-5-9-24)22-34(43)40(30,31)25-10-6-3-7-11-25/h2-14,16-17,20,22,27,29-31,36,42H,15,18-19,21H2,1H3,(H,44,45). The Kier molecular flexibility index (Phi) is 8.14. The fraction of sp³-hybridized carbons (Fsp3) is 0.275. The van der Waals surface area contributed by atoms with E-state index < -0.39 is 52.8 Å². The van der Waals surface area contributed by atoms with Crippen molar-refractivity contribution in [1.29, 1.82) is 0 Å². The van der Waals surface area contributed by atoms with Crippen LogP contribution in [0.4, 0.5) is 0 Å². The van der Waals surface area contributed by atoms with E-state index in [1.807, 2.05) is 66.8 Å². The van der Waals surface area contributed by atoms with Crippen LogP contribution in [0.1, 0.15) is 36.0 Å². The van der Waals surface area contributed by atoms with Gasteiger partial charge in [-0.2, -0.15) is 0 Å². The molecule has 1 saturated carbocycles. The first-order chi connectivity index (χ1) is 23.7. The molecule has 3 aromatic rings. The zero-order chi connectivity index (χ0) is 34.4. The minimum atomic E-state index is -1.35. The van der Waals surface area contributed by atoms with E-state index in [2.05, 4.69) is 0 Å². The molecule has 4 aliphatic rings. The SMILES string of the molecule is COc1cc(C=CC2C3=CCC4C(=O)N(CCC(=O)O)C(=O)C4C3CC3C(=O)C(c4ccccc4)=CC(=O)C23c2ccccc2)ccc1O. The Balaban J connectivity index is 1.42. The summed E-state index contributed by atoms with van der Waals surface area (Å²) >= 11 is 0. The average molecular weight is 658 g/mol. The van der Waals surface area contributed by atoms with Crippen LogP contribution in [0.15, 0.2) is 103 Å². The summed E-state index contributed by atoms with van der Waals surface area (Å²) in [5.74, 6) is -5.67. The number of amides is 2. The van der Waals surface area contributed by atoms with E-state index in [-0.39, 0.29) is 48.9 Å². The van der Waals surface area contributed by atoms with Gasteiger partial charge in [0, 0.05) is 24.0 Å². The third kappa shape index (κ3) is 5.12. The Morgan fingerprint density at radius 3 is 2.37 bits per heavy atom. The van der Waals surface area contributed by atoms with Crippen molar-refractivity contribution in [2.45, 2.75) is 24.7 Å². The van der Waals surface area contributed by atoms with E-state index in [4.69, 9.17) is 4.74 Å². The van der Waals surface area contributed by atoms with Crippen molar-refractivity contribution in [1.82, 2.24) is 4.90 Å². The summed E-state index contributed by atoms with van der Waals surface area (Å²) < 4.78 is 5.32. The van der Waals surface area contributed by atoms with Gasteiger partial charge in [0.25, 0.3) is 0 Å². The summed E-state index contributed by atoms with van der Waals surface area (Å²) in [5.41, 5.74) is 1.76. The summed E-state index contributed by atoms with van der Waals surface area (Å²) in [6.07, 6.45) is 7.22. The van der Waals surface area contributed by atoms with E-state index in [0.717, 1.165) is 10.5 Å². The molecule has 1 heterocycles. The highest BCUT2D eigenvalue weighted by molar-refractivity contribution is 6.31. The summed E-state index contributed by atoms with van der Waals surface area (Å²) in [4.78, 5) is 69.8. The van der Waals surface area contributed by atoms with E-state index in [1.54, 1.807) is 24.3 Å². The topological polar surface area (TPSA) is 138 Å². The lowest BCUT2D eigenvalue weighted by molar-refractivity contribution is -0.142. The molecule has 248 valence electrons. The van der Waals surface area contributed by atoms with Gasteiger partial charge in [0.2, 0.25) is 11.8 Å². The van der Waals surface area contributed by atoms with Crippen molar-refractivity contribution in [3.8, 4) is 11.5 Å². The van der Waals surface area contributed by atoms with Crippen LogP contribution in [-0.2, 0) is 29.4 Å². The summed E-state index contributed by atoms with van der Waals surface area (Å²) in [5, 5.41) is 19.5. The van der Waals surface area contributed by atoms with E-state index in [9.17, 15) is 34.2 Å². The van der Waals surface area contributed by atoms with Crippen LogP contribution in [0.3, 0.4) is 0 Å². The van der Waals surface area contributed by atoms with Crippen molar-refractivity contribution >= 4 is 41.0 Å². The van der Waals surface area contributed by atoms with Gasteiger partial charge in [0.15, 0.2) is 23.1 Å². The molecular formula is C40H35NO8. The highest BCUT2D eigenvalue weighted by Gasteiger charge is 2.65. The number of fused-ring (bicyclic) bond motifs is 4. The fourth-order valence-corrected chi connectivity index (χ4v) is 8.62. The molecule has 1 aliphatic heterocycles. The van der Waals surface area contributed by atoms with E-state index >= 15 is 0 Å². The zero-order valence-electron chi connectivity index (χ0n) is 26.8. The number of carbonyl (C=O) groups excluding carboxylic acids is 4. The van der Waals surface area contributed by atoms with Crippen LogP contribution in [-0.4, -0.2) is 58.1 Å². The number of hydrogen-bond donors (Lipinski definition) is 2. The van der Waals surface area contributed by atoms with Gasteiger partial charge in [-0.15, -0.1) is 0 Å². The monoisotopic (exact) mass is 657 g/mol. The number of imide groups is 1. The number of ether oxygens (including phenoxy) is 1. The number of likely N-dealkylation sites (tertiary alicyclic amines) is 1. The zero-order valence-corrected chi connectivity index (χ0v) is 26.8. The molecule has 0 spiro atoms. The van der Waals surface area contributed by atoms with Crippen LogP contribution in [0.25, 0.3) is 11.6 Å². The number of rotatable bonds is 8. The van der Waals surface area contributed by atoms with Gasteiger partial charge in [-0.05, 0) is 53.7 Å². The number of carboxylic acid groups (broad SMARTS) is 1. The van der Waals surface area contributed by atoms with Crippen LogP contribution < -0.4 is 4.74 Å². The number of phenolic OH excluding ortho intramolecular Hbond substituents is 1. The molecule has 9 heteroatoms. The van der Waals surface area contributed by atoms with Crippen LogP contribution in [0.2, 0.25) is 0 Å². The van der Waals surface area contributed by atoms with Gasteiger partial charge in [0.05, 0.1) is 30.8 Å². The van der Waals surface area contributed by atoms with Gasteiger partial charge in [-0.1, -0.05) is 90.5 Å². The number of nitrogens with zero attached hydrogens (tertiary/aromatic N) is 1. The molecule has 1 saturated heterocycles. The number of methoxy groups -OCH3 is 1. The maximum Gasteiger partial charge on any atom is 0.305 e. The van der Waals surface area contributed by atoms with Crippen LogP contribution >= 0.6 is 0 Å². The Morgan fingerprint density at radius 2 is 1.67 bits per heavy atom. The molecule has 2 amide bonds. The first kappa shape index (κ1) is 32.0. The molecule has 2 fully saturated rings. The minimum Gasteiger partial charge on any atom is -0.504 e. The lowest BCUT2D eigenvalue weighted by Crippen LogP contribution is -2.59. The third-order valence-corrected chi connectivity index (χ3v) is 10.8. The molecule has 6 atom stereocenters. The second kappa shape index (κ2) is 12.5. The highest BCUT2D eigenvalue weighted by Crippen LogP contribution is 2.61. The Bertz CT molecular complexity index is 1960. The normalized spacial score (nSPS) is 27.7.